The molecule has 43 heavy (non-hydrogen) atoms. The Morgan fingerprint density at radius 3 is 2.65 bits per heavy atom. The Bertz CT molecular complexity index is 1410. The largest absolute Gasteiger partial charge is 0.490 e. The number of fused-ring (bicyclic) bond motifs is 2. The second-order valence-electron chi connectivity index (χ2n) is 11.8. The van der Waals surface area contributed by atoms with Gasteiger partial charge >= 0.3 is 5.97 Å². The van der Waals surface area contributed by atoms with E-state index >= 15 is 0 Å². The lowest BCUT2D eigenvalue weighted by Crippen LogP contribution is -2.69. The molecule has 9 unspecified atom stereocenters. The topological polar surface area (TPSA) is 218 Å². The van der Waals surface area contributed by atoms with E-state index in [-0.39, 0.29) is 48.2 Å². The van der Waals surface area contributed by atoms with Gasteiger partial charge in [0.1, 0.15) is 18.3 Å². The van der Waals surface area contributed by atoms with Gasteiger partial charge in [-0.1, -0.05) is 0 Å². The third-order valence-electron chi connectivity index (χ3n) is 9.50. The highest BCUT2D eigenvalue weighted by atomic mass is 16.7. The highest BCUT2D eigenvalue weighted by Gasteiger charge is 2.58. The van der Waals surface area contributed by atoms with Crippen molar-refractivity contribution >= 4 is 22.8 Å². The van der Waals surface area contributed by atoms with Crippen molar-refractivity contribution in [1.82, 2.24) is 5.32 Å². The summed E-state index contributed by atoms with van der Waals surface area (Å²) in [7, 11) is 1.38. The minimum absolute atomic E-state index is 0.0116. The van der Waals surface area contributed by atoms with Crippen LogP contribution in [0, 0.1) is 11.8 Å². The molecule has 0 saturated carbocycles. The van der Waals surface area contributed by atoms with E-state index in [9.17, 15) is 40.2 Å². The van der Waals surface area contributed by atoms with Crippen LogP contribution in [0.4, 0.5) is 0 Å². The van der Waals surface area contributed by atoms with E-state index in [0.717, 1.165) is 16.5 Å². The van der Waals surface area contributed by atoms with Crippen LogP contribution in [0.15, 0.2) is 10.7 Å². The molecule has 0 bridgehead atoms. The van der Waals surface area contributed by atoms with Crippen LogP contribution < -0.4 is 14.8 Å². The Morgan fingerprint density at radius 2 is 1.98 bits per heavy atom. The number of aliphatic hydroxyl groups excluding tert-OH is 4. The lowest BCUT2D eigenvalue weighted by molar-refractivity contribution is -0.346. The van der Waals surface area contributed by atoms with Gasteiger partial charge in [0, 0.05) is 47.9 Å². The first kappa shape index (κ1) is 30.1. The van der Waals surface area contributed by atoms with Crippen molar-refractivity contribution in [3.8, 4) is 11.5 Å². The monoisotopic (exact) mass is 607 g/mol. The Balaban J connectivity index is 1.55. The first-order valence-electron chi connectivity index (χ1n) is 14.5. The number of benzene rings is 1. The van der Waals surface area contributed by atoms with Crippen LogP contribution in [-0.4, -0.2) is 106 Å². The molecule has 2 saturated heterocycles. The molecule has 0 spiro atoms. The molecule has 0 radical (unpaired) electrons. The number of rotatable bonds is 8. The number of carbonyl (C=O) groups excluding carboxylic acids is 2. The number of aliphatic hydroxyl groups is 6. The molecule has 2 aliphatic heterocycles. The van der Waals surface area contributed by atoms with Crippen molar-refractivity contribution in [2.75, 3.05) is 26.9 Å². The van der Waals surface area contributed by atoms with Crippen molar-refractivity contribution in [2.45, 2.75) is 80.9 Å². The summed E-state index contributed by atoms with van der Waals surface area (Å²) in [6, 6.07) is 0. The van der Waals surface area contributed by atoms with Crippen LogP contribution in [0.5, 0.6) is 11.5 Å². The summed E-state index contributed by atoms with van der Waals surface area (Å²) < 4.78 is 29.1. The van der Waals surface area contributed by atoms with Gasteiger partial charge in [0.05, 0.1) is 25.9 Å². The summed E-state index contributed by atoms with van der Waals surface area (Å²) in [5, 5.41) is 66.0. The predicted molar refractivity (Wildman–Crippen MR) is 144 cm³/mol. The zero-order chi connectivity index (χ0) is 30.8. The third kappa shape index (κ3) is 4.58. The maximum atomic E-state index is 13.1. The van der Waals surface area contributed by atoms with Gasteiger partial charge in [-0.25, -0.2) is 0 Å². The van der Waals surface area contributed by atoms with Gasteiger partial charge in [-0.2, -0.15) is 0 Å². The standard InChI is InChI=1S/C29H37NO13/c1-3-40-27(37)12-6-11-7-13-15(9-30-25(13)34)16-10-41-21-18(16)17(11)14(8-12)20(23(21)39-2)42-28-29(38,4-5-31)24(33)19(32)22(43-28)26(35)36/h10-13,15,19,22,24,26,28,31-33,35-36,38H,3-9H2,1-2H3,(H,30,34). The number of hydrogen-bond donors (Lipinski definition) is 7. The second kappa shape index (κ2) is 11.2. The van der Waals surface area contributed by atoms with E-state index in [1.165, 1.54) is 7.11 Å². The Hall–Kier alpha value is -2.98. The molecule has 2 fully saturated rings. The highest BCUT2D eigenvalue weighted by molar-refractivity contribution is 5.97. The van der Waals surface area contributed by atoms with Crippen LogP contribution in [-0.2, 0) is 25.5 Å². The molecule has 14 nitrogen and oxygen atoms in total. The Kier molecular flexibility index (Phi) is 7.82. The first-order chi connectivity index (χ1) is 20.5. The fourth-order valence-corrected chi connectivity index (χ4v) is 7.47. The highest BCUT2D eigenvalue weighted by Crippen LogP contribution is 2.57. The summed E-state index contributed by atoms with van der Waals surface area (Å²) in [5.74, 6) is -1.82. The molecule has 2 aliphatic carbocycles. The average Bonchev–Trinajstić information content (AvgIpc) is 3.52. The quantitative estimate of drug-likeness (QED) is 0.144. The van der Waals surface area contributed by atoms with Gasteiger partial charge in [0.15, 0.2) is 23.2 Å². The molecule has 6 rings (SSSR count). The van der Waals surface area contributed by atoms with E-state index in [1.54, 1.807) is 13.2 Å². The number of carbonyl (C=O) groups is 2. The number of esters is 1. The molecular formula is C29H37NO13. The van der Waals surface area contributed by atoms with Gasteiger partial charge in [-0.3, -0.25) is 9.59 Å². The molecule has 1 amide bonds. The molecule has 14 heteroatoms. The van der Waals surface area contributed by atoms with E-state index in [4.69, 9.17) is 23.4 Å². The summed E-state index contributed by atoms with van der Waals surface area (Å²) in [6.07, 6.45) is -7.73. The fourth-order valence-electron chi connectivity index (χ4n) is 7.47. The van der Waals surface area contributed by atoms with Crippen molar-refractivity contribution in [3.05, 3.63) is 23.0 Å². The number of amides is 1. The molecule has 2 aromatic rings. The average molecular weight is 608 g/mol. The van der Waals surface area contributed by atoms with Crippen LogP contribution >= 0.6 is 0 Å². The van der Waals surface area contributed by atoms with Gasteiger partial charge in [0.2, 0.25) is 17.9 Å². The van der Waals surface area contributed by atoms with Crippen LogP contribution in [0.2, 0.25) is 0 Å². The molecule has 9 atom stereocenters. The van der Waals surface area contributed by atoms with Crippen LogP contribution in [0.3, 0.4) is 0 Å². The number of methoxy groups -OCH3 is 1. The number of ether oxygens (including phenoxy) is 4. The summed E-state index contributed by atoms with van der Waals surface area (Å²) >= 11 is 0. The van der Waals surface area contributed by atoms with Gasteiger partial charge < -0.3 is 59.3 Å². The zero-order valence-corrected chi connectivity index (χ0v) is 23.8. The van der Waals surface area contributed by atoms with Gasteiger partial charge in [-0.15, -0.1) is 0 Å². The van der Waals surface area contributed by atoms with E-state index in [2.05, 4.69) is 5.32 Å². The maximum absolute atomic E-state index is 13.1. The molecule has 236 valence electrons. The molecule has 7 N–H and O–H groups in total. The molecule has 1 aromatic carbocycles. The minimum Gasteiger partial charge on any atom is -0.490 e. The number of nitrogens with one attached hydrogen (secondary N) is 1. The predicted octanol–water partition coefficient (Wildman–Crippen LogP) is -0.866. The van der Waals surface area contributed by atoms with E-state index in [1.807, 2.05) is 0 Å². The smallest absolute Gasteiger partial charge is 0.309 e. The second-order valence-corrected chi connectivity index (χ2v) is 11.8. The minimum atomic E-state index is -2.40. The van der Waals surface area contributed by atoms with Crippen LogP contribution in [0.1, 0.15) is 54.7 Å². The SMILES string of the molecule is CCOC(=O)C1Cc2c(OC3OC(C(O)O)C(O)C(O)C3(O)CCO)c(OC)c3occ4c3c2C(C1)CC1C(=O)NCC41. The van der Waals surface area contributed by atoms with Crippen LogP contribution in [0.25, 0.3) is 11.0 Å². The van der Waals surface area contributed by atoms with Gasteiger partial charge in [0.25, 0.3) is 0 Å². The van der Waals surface area contributed by atoms with E-state index < -0.39 is 61.4 Å². The van der Waals surface area contributed by atoms with Crippen molar-refractivity contribution < 1.29 is 63.6 Å². The Morgan fingerprint density at radius 1 is 1.21 bits per heavy atom. The summed E-state index contributed by atoms with van der Waals surface area (Å²) in [5.41, 5.74) is 0.0608. The fraction of sp³-hybridized carbons (Fsp3) is 0.655. The summed E-state index contributed by atoms with van der Waals surface area (Å²) in [6.45, 7) is 1.67. The van der Waals surface area contributed by atoms with Crippen molar-refractivity contribution in [2.24, 2.45) is 11.8 Å². The lowest BCUT2D eigenvalue weighted by Gasteiger charge is -2.48. The van der Waals surface area contributed by atoms with E-state index in [0.29, 0.717) is 30.5 Å². The zero-order valence-electron chi connectivity index (χ0n) is 23.8. The molecular weight excluding hydrogens is 570 g/mol. The third-order valence-corrected chi connectivity index (χ3v) is 9.50. The number of furan rings is 1. The normalized spacial score (nSPS) is 35.0. The van der Waals surface area contributed by atoms with Crippen molar-refractivity contribution in [3.63, 3.8) is 0 Å². The molecule has 3 heterocycles. The lowest BCUT2D eigenvalue weighted by atomic mass is 9.72. The number of hydrogen-bond acceptors (Lipinski definition) is 13. The first-order valence-corrected chi connectivity index (χ1v) is 14.5. The molecule has 1 aromatic heterocycles. The van der Waals surface area contributed by atoms with Crippen molar-refractivity contribution in [1.29, 1.82) is 0 Å². The molecule has 4 aliphatic rings. The Labute approximate surface area is 246 Å². The summed E-state index contributed by atoms with van der Waals surface area (Å²) in [4.78, 5) is 26.0. The maximum Gasteiger partial charge on any atom is 0.309 e. The van der Waals surface area contributed by atoms with Gasteiger partial charge in [-0.05, 0) is 37.7 Å².